The number of nitrogens with zero attached hydrogens (tertiary/aromatic N) is 1. The van der Waals surface area contributed by atoms with E-state index in [1.54, 1.807) is 0 Å². The number of amides is 1. The third-order valence-electron chi connectivity index (χ3n) is 5.84. The average Bonchev–Trinajstić information content (AvgIpc) is 3.23. The number of halogens is 2. The molecule has 0 bridgehead atoms. The Morgan fingerprint density at radius 1 is 1.32 bits per heavy atom. The molecule has 208 valence electrons. The quantitative estimate of drug-likeness (QED) is 0.193. The van der Waals surface area contributed by atoms with Gasteiger partial charge in [-0.25, -0.2) is 0 Å². The second kappa shape index (κ2) is 14.4. The Kier molecular flexibility index (Phi) is 12.6. The Balaban J connectivity index is 2.59. The van der Waals surface area contributed by atoms with Crippen LogP contribution in [0.5, 0.6) is 0 Å². The molecule has 1 saturated heterocycles. The smallest absolute Gasteiger partial charge is 0.308 e. The van der Waals surface area contributed by atoms with Crippen molar-refractivity contribution in [2.24, 2.45) is 5.92 Å². The maximum absolute atomic E-state index is 14.1. The predicted molar refractivity (Wildman–Crippen MR) is 158 cm³/mol. The zero-order valence-electron chi connectivity index (χ0n) is 23.2. The van der Waals surface area contributed by atoms with Crippen LogP contribution in [0.3, 0.4) is 0 Å². The van der Waals surface area contributed by atoms with Gasteiger partial charge in [-0.3, -0.25) is 9.59 Å². The maximum Gasteiger partial charge on any atom is 0.308 e. The molecule has 1 aliphatic heterocycles. The summed E-state index contributed by atoms with van der Waals surface area (Å²) < 4.78 is 12.6. The van der Waals surface area contributed by atoms with E-state index in [-0.39, 0.29) is 29.0 Å². The first kappa shape index (κ1) is 32.2. The molecule has 4 atom stereocenters. The minimum Gasteiger partial charge on any atom is -0.465 e. The molecule has 1 aliphatic rings. The summed E-state index contributed by atoms with van der Waals surface area (Å²) in [6, 6.07) is 3.33. The van der Waals surface area contributed by atoms with E-state index in [4.69, 9.17) is 32.7 Å². The summed E-state index contributed by atoms with van der Waals surface area (Å²) in [5.74, 6) is 0.324. The van der Waals surface area contributed by atoms with Gasteiger partial charge in [0.1, 0.15) is 12.2 Å². The third kappa shape index (κ3) is 9.61. The molecule has 37 heavy (non-hydrogen) atoms. The highest BCUT2D eigenvalue weighted by atomic mass is 35.5. The molecule has 0 spiro atoms. The number of morpholine rings is 1. The van der Waals surface area contributed by atoms with Crippen LogP contribution in [0.4, 0.5) is 0 Å². The number of rotatable bonds is 11. The van der Waals surface area contributed by atoms with Crippen molar-refractivity contribution in [1.82, 2.24) is 4.90 Å². The van der Waals surface area contributed by atoms with Crippen LogP contribution in [0, 0.1) is 5.92 Å². The van der Waals surface area contributed by atoms with Gasteiger partial charge in [-0.1, -0.05) is 70.8 Å². The fourth-order valence-corrected chi connectivity index (χ4v) is 6.51. The Hall–Kier alpha value is -0.990. The number of carbonyl (C=O) groups excluding carboxylic acids is 2. The number of hydrogen-bond acceptors (Lipinski definition) is 6. The largest absolute Gasteiger partial charge is 0.465 e. The summed E-state index contributed by atoms with van der Waals surface area (Å²) in [5, 5.41) is 0.603. The van der Waals surface area contributed by atoms with Gasteiger partial charge in [-0.2, -0.15) is 11.8 Å². The van der Waals surface area contributed by atoms with Crippen molar-refractivity contribution < 1.29 is 19.1 Å². The summed E-state index contributed by atoms with van der Waals surface area (Å²) in [5.41, 5.74) is 0.846. The lowest BCUT2D eigenvalue weighted by Crippen LogP contribution is -2.58. The van der Waals surface area contributed by atoms with E-state index in [2.05, 4.69) is 27.7 Å². The van der Waals surface area contributed by atoms with Crippen LogP contribution < -0.4 is 0 Å². The van der Waals surface area contributed by atoms with E-state index in [1.807, 2.05) is 68.6 Å². The molecule has 1 aromatic rings. The van der Waals surface area contributed by atoms with E-state index >= 15 is 0 Å². The van der Waals surface area contributed by atoms with Gasteiger partial charge in [0.2, 0.25) is 0 Å². The van der Waals surface area contributed by atoms with Crippen molar-refractivity contribution >= 4 is 58.2 Å². The summed E-state index contributed by atoms with van der Waals surface area (Å²) in [4.78, 5) is 29.7. The molecular weight excluding hydrogens is 549 g/mol. The monoisotopic (exact) mass is 589 g/mol. The third-order valence-corrected chi connectivity index (χ3v) is 8.67. The summed E-state index contributed by atoms with van der Waals surface area (Å²) >= 11 is 15.9. The number of thiophene rings is 1. The number of esters is 1. The first-order chi connectivity index (χ1) is 17.3. The normalized spacial score (nSPS) is 22.5. The molecule has 0 saturated carbocycles. The van der Waals surface area contributed by atoms with Crippen molar-refractivity contribution in [2.45, 2.75) is 97.3 Å². The van der Waals surface area contributed by atoms with Crippen molar-refractivity contribution in [3.05, 3.63) is 44.1 Å². The Labute approximate surface area is 240 Å². The highest BCUT2D eigenvalue weighted by Crippen LogP contribution is 2.43. The molecule has 2 heterocycles. The van der Waals surface area contributed by atoms with Crippen LogP contribution in [0.15, 0.2) is 34.9 Å². The van der Waals surface area contributed by atoms with E-state index < -0.39 is 24.2 Å². The van der Waals surface area contributed by atoms with Gasteiger partial charge in [0.05, 0.1) is 23.4 Å². The zero-order valence-corrected chi connectivity index (χ0v) is 26.3. The molecule has 0 radical (unpaired) electrons. The van der Waals surface area contributed by atoms with Crippen molar-refractivity contribution in [2.75, 3.05) is 12.4 Å². The highest BCUT2D eigenvalue weighted by Gasteiger charge is 2.48. The molecule has 0 aromatic carbocycles. The molecule has 9 heteroatoms. The molecule has 2 rings (SSSR count). The van der Waals surface area contributed by atoms with Gasteiger partial charge in [-0.05, 0) is 50.0 Å². The fourth-order valence-electron chi connectivity index (χ4n) is 4.11. The standard InChI is InChI=1S/C28H41Cl2NO4S2/c1-9-19(13-18(5)29)26-25(22-11-12-23(30)37-22)31(20(10-2)16-36-28(6,7)8)27(33)21(35-26)14-24(32)34-15-17(3)4/h9,11-13,17,20-21,25-26H,10,14-16H2,1-8H3. The number of carbonyl (C=O) groups is 2. The minimum atomic E-state index is -0.955. The van der Waals surface area contributed by atoms with Crippen LogP contribution in [0.25, 0.3) is 0 Å². The molecule has 4 unspecified atom stereocenters. The lowest BCUT2D eigenvalue weighted by atomic mass is 9.93. The van der Waals surface area contributed by atoms with Crippen LogP contribution in [0.1, 0.15) is 79.2 Å². The minimum absolute atomic E-state index is 0.0386. The molecular formula is C28H41Cl2NO4S2. The molecule has 1 amide bonds. The molecule has 5 nitrogen and oxygen atoms in total. The van der Waals surface area contributed by atoms with E-state index in [0.29, 0.717) is 16.0 Å². The van der Waals surface area contributed by atoms with E-state index in [9.17, 15) is 9.59 Å². The van der Waals surface area contributed by atoms with Gasteiger partial charge in [0.15, 0.2) is 0 Å². The van der Waals surface area contributed by atoms with Crippen LogP contribution in [0.2, 0.25) is 4.34 Å². The molecule has 0 aliphatic carbocycles. The fraction of sp³-hybridized carbons (Fsp3) is 0.643. The SMILES string of the molecule is CC=C(C=C(C)Cl)C1OC(CC(=O)OCC(C)C)C(=O)N(C(CC)CSC(C)(C)C)C1c1ccc(Cl)s1. The second-order valence-corrected chi connectivity index (χ2v) is 14.9. The highest BCUT2D eigenvalue weighted by molar-refractivity contribution is 8.00. The van der Waals surface area contributed by atoms with Crippen LogP contribution in [-0.2, 0) is 19.1 Å². The van der Waals surface area contributed by atoms with Gasteiger partial charge >= 0.3 is 5.97 Å². The second-order valence-electron chi connectivity index (χ2n) is 10.7. The molecule has 0 N–H and O–H groups in total. The van der Waals surface area contributed by atoms with Gasteiger partial charge < -0.3 is 14.4 Å². The maximum atomic E-state index is 14.1. The summed E-state index contributed by atoms with van der Waals surface area (Å²) in [6.07, 6.45) is 2.95. The Morgan fingerprint density at radius 2 is 2.00 bits per heavy atom. The van der Waals surface area contributed by atoms with Crippen molar-refractivity contribution in [3.8, 4) is 0 Å². The van der Waals surface area contributed by atoms with Gasteiger partial charge in [-0.15, -0.1) is 11.3 Å². The number of hydrogen-bond donors (Lipinski definition) is 0. The first-order valence-corrected chi connectivity index (χ1v) is 15.4. The van der Waals surface area contributed by atoms with Gasteiger partial charge in [0, 0.05) is 26.5 Å². The number of ether oxygens (including phenoxy) is 2. The van der Waals surface area contributed by atoms with Crippen molar-refractivity contribution in [1.29, 1.82) is 0 Å². The molecule has 1 aromatic heterocycles. The first-order valence-electron chi connectivity index (χ1n) is 12.8. The topological polar surface area (TPSA) is 55.8 Å². The summed E-state index contributed by atoms with van der Waals surface area (Å²) in [6.45, 7) is 16.6. The lowest BCUT2D eigenvalue weighted by Gasteiger charge is -2.48. The lowest BCUT2D eigenvalue weighted by molar-refractivity contribution is -0.178. The summed E-state index contributed by atoms with van der Waals surface area (Å²) in [7, 11) is 0. The number of allylic oxidation sites excluding steroid dienone is 2. The van der Waals surface area contributed by atoms with E-state index in [1.165, 1.54) is 11.3 Å². The average molecular weight is 591 g/mol. The molecule has 1 fully saturated rings. The van der Waals surface area contributed by atoms with Crippen LogP contribution in [-0.4, -0.2) is 52.1 Å². The van der Waals surface area contributed by atoms with E-state index in [0.717, 1.165) is 22.6 Å². The Bertz CT molecular complexity index is 979. The van der Waals surface area contributed by atoms with Crippen molar-refractivity contribution in [3.63, 3.8) is 0 Å². The van der Waals surface area contributed by atoms with Crippen LogP contribution >= 0.6 is 46.3 Å². The zero-order chi connectivity index (χ0) is 27.9. The van der Waals surface area contributed by atoms with Gasteiger partial charge in [0.25, 0.3) is 5.91 Å². The predicted octanol–water partition coefficient (Wildman–Crippen LogP) is 8.03. The number of thioether (sulfide) groups is 1. The Morgan fingerprint density at radius 3 is 2.49 bits per heavy atom.